The van der Waals surface area contributed by atoms with Gasteiger partial charge in [0, 0.05) is 31.9 Å². The summed E-state index contributed by atoms with van der Waals surface area (Å²) in [4.78, 5) is 14.8. The van der Waals surface area contributed by atoms with Crippen molar-refractivity contribution in [1.82, 2.24) is 9.47 Å². The molecule has 3 rings (SSSR count). The highest BCUT2D eigenvalue weighted by Crippen LogP contribution is 2.25. The predicted molar refractivity (Wildman–Crippen MR) is 93.1 cm³/mol. The zero-order valence-electron chi connectivity index (χ0n) is 13.9. The van der Waals surface area contributed by atoms with Crippen LogP contribution >= 0.6 is 0 Å². The minimum absolute atomic E-state index is 0.0868. The molecule has 2 aromatic rings. The standard InChI is InChI=1S/C19H25N3O/c1-3-7-15-12-22(13-16(15)20)19(23)18-11-10-17(21(18)2)14-8-5-4-6-9-14/h4-6,8-11,15-16H,3,7,12-13,20H2,1-2H3/t15-,16-/m1/s1. The number of rotatable bonds is 4. The lowest BCUT2D eigenvalue weighted by Gasteiger charge is -2.17. The number of aromatic nitrogens is 1. The van der Waals surface area contributed by atoms with Crippen LogP contribution in [0.15, 0.2) is 42.5 Å². The molecular weight excluding hydrogens is 286 g/mol. The van der Waals surface area contributed by atoms with Gasteiger partial charge in [0.1, 0.15) is 5.69 Å². The zero-order chi connectivity index (χ0) is 16.4. The van der Waals surface area contributed by atoms with Crippen LogP contribution in [0.2, 0.25) is 0 Å². The van der Waals surface area contributed by atoms with E-state index < -0.39 is 0 Å². The molecule has 2 heterocycles. The van der Waals surface area contributed by atoms with E-state index in [1.54, 1.807) is 0 Å². The minimum atomic E-state index is 0.0868. The highest BCUT2D eigenvalue weighted by Gasteiger charge is 2.33. The number of nitrogens with two attached hydrogens (primary N) is 1. The molecule has 23 heavy (non-hydrogen) atoms. The lowest BCUT2D eigenvalue weighted by atomic mass is 9.99. The largest absolute Gasteiger partial charge is 0.340 e. The Bertz CT molecular complexity index is 677. The smallest absolute Gasteiger partial charge is 0.270 e. The first kappa shape index (κ1) is 15.8. The Balaban J connectivity index is 1.80. The van der Waals surface area contributed by atoms with Crippen molar-refractivity contribution in [2.45, 2.75) is 25.8 Å². The summed E-state index contributed by atoms with van der Waals surface area (Å²) in [6, 6.07) is 14.2. The van der Waals surface area contributed by atoms with Gasteiger partial charge in [-0.1, -0.05) is 43.7 Å². The van der Waals surface area contributed by atoms with Gasteiger partial charge in [0.05, 0.1) is 0 Å². The Morgan fingerprint density at radius 3 is 2.61 bits per heavy atom. The highest BCUT2D eigenvalue weighted by atomic mass is 16.2. The summed E-state index contributed by atoms with van der Waals surface area (Å²) in [5.74, 6) is 0.515. The van der Waals surface area contributed by atoms with Crippen molar-refractivity contribution < 1.29 is 4.79 Å². The van der Waals surface area contributed by atoms with Gasteiger partial charge in [-0.2, -0.15) is 0 Å². The molecule has 1 aromatic heterocycles. The van der Waals surface area contributed by atoms with E-state index in [0.29, 0.717) is 12.5 Å². The number of benzene rings is 1. The number of hydrogen-bond acceptors (Lipinski definition) is 2. The highest BCUT2D eigenvalue weighted by molar-refractivity contribution is 5.94. The fourth-order valence-corrected chi connectivity index (χ4v) is 3.53. The molecule has 2 atom stereocenters. The number of nitrogens with zero attached hydrogens (tertiary/aromatic N) is 2. The van der Waals surface area contributed by atoms with Gasteiger partial charge in [-0.05, 0) is 30.0 Å². The van der Waals surface area contributed by atoms with E-state index in [1.807, 2.05) is 46.8 Å². The summed E-state index contributed by atoms with van der Waals surface area (Å²) >= 11 is 0. The summed E-state index contributed by atoms with van der Waals surface area (Å²) in [5, 5.41) is 0. The van der Waals surface area contributed by atoms with Crippen molar-refractivity contribution in [1.29, 1.82) is 0 Å². The average molecular weight is 311 g/mol. The number of amides is 1. The molecule has 0 radical (unpaired) electrons. The van der Waals surface area contributed by atoms with Gasteiger partial charge in [0.25, 0.3) is 5.91 Å². The van der Waals surface area contributed by atoms with Crippen LogP contribution in [0, 0.1) is 5.92 Å². The first-order valence-corrected chi connectivity index (χ1v) is 8.37. The average Bonchev–Trinajstić information content (AvgIpc) is 3.12. The quantitative estimate of drug-likeness (QED) is 0.944. The lowest BCUT2D eigenvalue weighted by molar-refractivity contribution is 0.0776. The topological polar surface area (TPSA) is 51.3 Å². The number of hydrogen-bond donors (Lipinski definition) is 1. The van der Waals surface area contributed by atoms with Gasteiger partial charge in [-0.3, -0.25) is 4.79 Å². The van der Waals surface area contributed by atoms with E-state index in [0.717, 1.165) is 36.3 Å². The van der Waals surface area contributed by atoms with Crippen molar-refractivity contribution in [2.24, 2.45) is 18.7 Å². The first-order chi connectivity index (χ1) is 11.1. The maximum atomic E-state index is 12.9. The van der Waals surface area contributed by atoms with Crippen LogP contribution in [0.25, 0.3) is 11.3 Å². The van der Waals surface area contributed by atoms with E-state index in [4.69, 9.17) is 5.73 Å². The van der Waals surface area contributed by atoms with Gasteiger partial charge in [0.15, 0.2) is 0 Å². The third-order valence-corrected chi connectivity index (χ3v) is 4.85. The van der Waals surface area contributed by atoms with Crippen LogP contribution < -0.4 is 5.73 Å². The van der Waals surface area contributed by atoms with Gasteiger partial charge in [-0.15, -0.1) is 0 Å². The van der Waals surface area contributed by atoms with E-state index in [2.05, 4.69) is 19.1 Å². The lowest BCUT2D eigenvalue weighted by Crippen LogP contribution is -2.33. The van der Waals surface area contributed by atoms with Crippen LogP contribution in [0.5, 0.6) is 0 Å². The third kappa shape index (κ3) is 3.04. The van der Waals surface area contributed by atoms with Gasteiger partial charge in [0.2, 0.25) is 0 Å². The molecule has 4 nitrogen and oxygen atoms in total. The van der Waals surface area contributed by atoms with Crippen molar-refractivity contribution in [3.8, 4) is 11.3 Å². The molecule has 1 amide bonds. The molecule has 4 heteroatoms. The van der Waals surface area contributed by atoms with E-state index >= 15 is 0 Å². The van der Waals surface area contributed by atoms with Crippen molar-refractivity contribution in [3.05, 3.63) is 48.2 Å². The van der Waals surface area contributed by atoms with E-state index in [9.17, 15) is 4.79 Å². The Kier molecular flexibility index (Phi) is 4.53. The second kappa shape index (κ2) is 6.59. The summed E-state index contributed by atoms with van der Waals surface area (Å²) in [6.45, 7) is 3.61. The molecule has 0 aliphatic carbocycles. The molecule has 1 saturated heterocycles. The van der Waals surface area contributed by atoms with Gasteiger partial charge < -0.3 is 15.2 Å². The summed E-state index contributed by atoms with van der Waals surface area (Å²) in [5.41, 5.74) is 9.11. The van der Waals surface area contributed by atoms with E-state index in [-0.39, 0.29) is 11.9 Å². The molecular formula is C19H25N3O. The summed E-state index contributed by atoms with van der Waals surface area (Å²) in [6.07, 6.45) is 2.20. The molecule has 0 saturated carbocycles. The fraction of sp³-hybridized carbons (Fsp3) is 0.421. The fourth-order valence-electron chi connectivity index (χ4n) is 3.53. The maximum Gasteiger partial charge on any atom is 0.270 e. The van der Waals surface area contributed by atoms with Crippen LogP contribution in [0.1, 0.15) is 30.3 Å². The Labute approximate surface area is 137 Å². The number of carbonyl (C=O) groups is 1. The Hall–Kier alpha value is -2.07. The van der Waals surface area contributed by atoms with E-state index in [1.165, 1.54) is 0 Å². The molecule has 0 spiro atoms. The molecule has 1 fully saturated rings. The van der Waals surface area contributed by atoms with Crippen molar-refractivity contribution in [2.75, 3.05) is 13.1 Å². The zero-order valence-corrected chi connectivity index (χ0v) is 13.9. The second-order valence-electron chi connectivity index (χ2n) is 6.45. The molecule has 1 aliphatic heterocycles. The Morgan fingerprint density at radius 1 is 1.17 bits per heavy atom. The first-order valence-electron chi connectivity index (χ1n) is 8.37. The van der Waals surface area contributed by atoms with Gasteiger partial charge >= 0.3 is 0 Å². The van der Waals surface area contributed by atoms with Crippen LogP contribution in [-0.4, -0.2) is 34.5 Å². The number of carbonyl (C=O) groups excluding carboxylic acids is 1. The van der Waals surface area contributed by atoms with Crippen molar-refractivity contribution >= 4 is 5.91 Å². The SMILES string of the molecule is CCC[C@@H]1CN(C(=O)c2ccc(-c3ccccc3)n2C)C[C@H]1N. The maximum absolute atomic E-state index is 12.9. The molecule has 0 bridgehead atoms. The summed E-state index contributed by atoms with van der Waals surface area (Å²) in [7, 11) is 1.95. The molecule has 0 unspecified atom stereocenters. The van der Waals surface area contributed by atoms with Crippen LogP contribution in [0.4, 0.5) is 0 Å². The third-order valence-electron chi connectivity index (χ3n) is 4.85. The van der Waals surface area contributed by atoms with Gasteiger partial charge in [-0.25, -0.2) is 0 Å². The van der Waals surface area contributed by atoms with Crippen LogP contribution in [-0.2, 0) is 7.05 Å². The normalized spacial score (nSPS) is 20.9. The monoisotopic (exact) mass is 311 g/mol. The molecule has 1 aromatic carbocycles. The number of likely N-dealkylation sites (tertiary alicyclic amines) is 1. The van der Waals surface area contributed by atoms with Crippen molar-refractivity contribution in [3.63, 3.8) is 0 Å². The molecule has 122 valence electrons. The predicted octanol–water partition coefficient (Wildman–Crippen LogP) is 2.89. The second-order valence-corrected chi connectivity index (χ2v) is 6.45. The molecule has 2 N–H and O–H groups in total. The Morgan fingerprint density at radius 2 is 1.91 bits per heavy atom. The summed E-state index contributed by atoms with van der Waals surface area (Å²) < 4.78 is 1.98. The van der Waals surface area contributed by atoms with Crippen LogP contribution in [0.3, 0.4) is 0 Å². The minimum Gasteiger partial charge on any atom is -0.340 e. The molecule has 1 aliphatic rings.